The Kier molecular flexibility index (Phi) is 8.14. The van der Waals surface area contributed by atoms with Crippen molar-refractivity contribution in [1.29, 1.82) is 0 Å². The number of hydrogen-bond acceptors (Lipinski definition) is 9. The van der Waals surface area contributed by atoms with Gasteiger partial charge in [-0.05, 0) is 56.5 Å². The number of hydrogen-bond donors (Lipinski definition) is 2. The average Bonchev–Trinajstić information content (AvgIpc) is 2.91. The largest absolute Gasteiger partial charge is 0.506 e. The van der Waals surface area contributed by atoms with Gasteiger partial charge >= 0.3 is 0 Å². The first-order valence-corrected chi connectivity index (χ1v) is 14.1. The van der Waals surface area contributed by atoms with E-state index in [0.29, 0.717) is 44.8 Å². The molecule has 3 aromatic rings. The molecule has 1 aliphatic heterocycles. The van der Waals surface area contributed by atoms with Crippen LogP contribution in [0.3, 0.4) is 0 Å². The fraction of sp³-hybridized carbons (Fsp3) is 0.370. The number of aromatic nitrogens is 3. The van der Waals surface area contributed by atoms with Gasteiger partial charge in [0, 0.05) is 44.4 Å². The summed E-state index contributed by atoms with van der Waals surface area (Å²) in [7, 11) is -3.86. The molecule has 12 heteroatoms. The van der Waals surface area contributed by atoms with E-state index in [2.05, 4.69) is 15.2 Å². The van der Waals surface area contributed by atoms with Crippen molar-refractivity contribution in [3.63, 3.8) is 0 Å². The Bertz CT molecular complexity index is 1450. The third-order valence-corrected chi connectivity index (χ3v) is 8.60. The highest BCUT2D eigenvalue weighted by Crippen LogP contribution is 2.26. The Hall–Kier alpha value is -4.06. The molecule has 206 valence electrons. The van der Waals surface area contributed by atoms with E-state index >= 15 is 0 Å². The van der Waals surface area contributed by atoms with Gasteiger partial charge in [-0.15, -0.1) is 10.2 Å². The van der Waals surface area contributed by atoms with Crippen molar-refractivity contribution in [3.05, 3.63) is 66.1 Å². The molecule has 0 spiro atoms. The standard InChI is InChI=1S/C27H32N6O5S/c1-27(2,3)39(37,38)31-26(36)23-9-10-24(30-29-23)32-12-14-33(15-13-32)25(35)11-8-19-6-4-5-7-22(19)20-16-21(34)18-28-17-20/h4-7,9-10,16-18,34H,8,11-15H2,1-3H3,(H,31,36). The maximum Gasteiger partial charge on any atom is 0.285 e. The number of aryl methyl sites for hydroxylation is 1. The summed E-state index contributed by atoms with van der Waals surface area (Å²) >= 11 is 0. The Labute approximate surface area is 227 Å². The van der Waals surface area contributed by atoms with Crippen LogP contribution in [0.2, 0.25) is 0 Å². The van der Waals surface area contributed by atoms with Crippen molar-refractivity contribution >= 4 is 27.7 Å². The first-order chi connectivity index (χ1) is 18.4. The molecule has 11 nitrogen and oxygen atoms in total. The summed E-state index contributed by atoms with van der Waals surface area (Å²) in [6, 6.07) is 12.5. The zero-order valence-corrected chi connectivity index (χ0v) is 23.0. The third-order valence-electron chi connectivity index (χ3n) is 6.53. The molecule has 0 bridgehead atoms. The molecule has 39 heavy (non-hydrogen) atoms. The fourth-order valence-corrected chi connectivity index (χ4v) is 4.78. The third kappa shape index (κ3) is 6.69. The molecular weight excluding hydrogens is 520 g/mol. The number of nitrogens with zero attached hydrogens (tertiary/aromatic N) is 5. The number of anilines is 1. The lowest BCUT2D eigenvalue weighted by Crippen LogP contribution is -2.49. The monoisotopic (exact) mass is 552 g/mol. The number of aromatic hydroxyl groups is 1. The second-order valence-electron chi connectivity index (χ2n) is 10.3. The number of carbonyl (C=O) groups is 2. The number of carbonyl (C=O) groups excluding carboxylic acids is 2. The lowest BCUT2D eigenvalue weighted by atomic mass is 9.97. The van der Waals surface area contributed by atoms with E-state index in [1.165, 1.54) is 33.0 Å². The van der Waals surface area contributed by atoms with Gasteiger partial charge in [0.25, 0.3) is 5.91 Å². The first kappa shape index (κ1) is 28.0. The maximum atomic E-state index is 13.0. The van der Waals surface area contributed by atoms with Crippen LogP contribution in [-0.4, -0.2) is 76.3 Å². The number of pyridine rings is 1. The molecule has 1 aliphatic rings. The molecular formula is C27H32N6O5S. The van der Waals surface area contributed by atoms with Gasteiger partial charge in [-0.3, -0.25) is 14.6 Å². The van der Waals surface area contributed by atoms with Crippen molar-refractivity contribution in [2.75, 3.05) is 31.1 Å². The minimum atomic E-state index is -3.86. The molecule has 0 atom stereocenters. The van der Waals surface area contributed by atoms with E-state index in [-0.39, 0.29) is 17.4 Å². The highest BCUT2D eigenvalue weighted by Gasteiger charge is 2.31. The SMILES string of the molecule is CC(C)(C)S(=O)(=O)NC(=O)c1ccc(N2CCN(C(=O)CCc3ccccc3-c3cncc(O)c3)CC2)nn1. The van der Waals surface area contributed by atoms with Gasteiger partial charge in [0.15, 0.2) is 11.5 Å². The van der Waals surface area contributed by atoms with Crippen LogP contribution in [0, 0.1) is 0 Å². The molecule has 3 heterocycles. The second-order valence-corrected chi connectivity index (χ2v) is 12.7. The van der Waals surface area contributed by atoms with Gasteiger partial charge in [-0.25, -0.2) is 13.1 Å². The minimum absolute atomic E-state index is 0.0525. The van der Waals surface area contributed by atoms with Crippen LogP contribution in [0.5, 0.6) is 5.75 Å². The van der Waals surface area contributed by atoms with Gasteiger partial charge in [0.2, 0.25) is 15.9 Å². The van der Waals surface area contributed by atoms with Crippen molar-refractivity contribution < 1.29 is 23.1 Å². The highest BCUT2D eigenvalue weighted by atomic mass is 32.2. The fourth-order valence-electron chi connectivity index (χ4n) is 4.12. The Morgan fingerprint density at radius 1 is 1.00 bits per heavy atom. The molecule has 0 saturated carbocycles. The quantitative estimate of drug-likeness (QED) is 0.451. The molecule has 4 rings (SSSR count). The van der Waals surface area contributed by atoms with E-state index < -0.39 is 20.7 Å². The number of amides is 2. The van der Waals surface area contributed by atoms with E-state index in [1.807, 2.05) is 38.8 Å². The number of piperazine rings is 1. The second kappa shape index (κ2) is 11.4. The van der Waals surface area contributed by atoms with Gasteiger partial charge in [-0.1, -0.05) is 24.3 Å². The Morgan fingerprint density at radius 3 is 2.36 bits per heavy atom. The Morgan fingerprint density at radius 2 is 1.72 bits per heavy atom. The van der Waals surface area contributed by atoms with Gasteiger partial charge in [-0.2, -0.15) is 0 Å². The van der Waals surface area contributed by atoms with Crippen molar-refractivity contribution in [2.45, 2.75) is 38.4 Å². The van der Waals surface area contributed by atoms with E-state index in [1.54, 1.807) is 18.3 Å². The number of nitrogens with one attached hydrogen (secondary N) is 1. The van der Waals surface area contributed by atoms with Crippen LogP contribution in [0.4, 0.5) is 5.82 Å². The van der Waals surface area contributed by atoms with Gasteiger partial charge in [0.1, 0.15) is 5.75 Å². The Balaban J connectivity index is 1.31. The summed E-state index contributed by atoms with van der Waals surface area (Å²) in [6.07, 6.45) is 3.98. The topological polar surface area (TPSA) is 146 Å². The summed E-state index contributed by atoms with van der Waals surface area (Å²) in [6.45, 7) is 6.63. The number of sulfonamides is 1. The van der Waals surface area contributed by atoms with E-state index in [9.17, 15) is 23.1 Å². The molecule has 0 aliphatic carbocycles. The molecule has 0 radical (unpaired) electrons. The lowest BCUT2D eigenvalue weighted by Gasteiger charge is -2.35. The average molecular weight is 553 g/mol. The lowest BCUT2D eigenvalue weighted by molar-refractivity contribution is -0.131. The van der Waals surface area contributed by atoms with Crippen molar-refractivity contribution in [1.82, 2.24) is 24.8 Å². The van der Waals surface area contributed by atoms with Crippen LogP contribution in [-0.2, 0) is 21.2 Å². The molecule has 2 aromatic heterocycles. The maximum absolute atomic E-state index is 13.0. The van der Waals surface area contributed by atoms with Gasteiger partial charge in [0.05, 0.1) is 10.9 Å². The smallest absolute Gasteiger partial charge is 0.285 e. The molecule has 1 aromatic carbocycles. The molecule has 2 amide bonds. The van der Waals surface area contributed by atoms with Crippen LogP contribution >= 0.6 is 0 Å². The molecule has 1 saturated heterocycles. The predicted molar refractivity (Wildman–Crippen MR) is 147 cm³/mol. The van der Waals surface area contributed by atoms with Gasteiger partial charge < -0.3 is 14.9 Å². The minimum Gasteiger partial charge on any atom is -0.506 e. The number of benzene rings is 1. The molecule has 0 unspecified atom stereocenters. The molecule has 1 fully saturated rings. The van der Waals surface area contributed by atoms with Crippen molar-refractivity contribution in [3.8, 4) is 16.9 Å². The van der Waals surface area contributed by atoms with Crippen LogP contribution in [0.15, 0.2) is 54.9 Å². The zero-order chi connectivity index (χ0) is 28.2. The van der Waals surface area contributed by atoms with Crippen LogP contribution in [0.1, 0.15) is 43.2 Å². The number of rotatable bonds is 7. The summed E-state index contributed by atoms with van der Waals surface area (Å²) in [5.74, 6) is -0.142. The van der Waals surface area contributed by atoms with E-state index in [0.717, 1.165) is 16.7 Å². The molecule has 2 N–H and O–H groups in total. The van der Waals surface area contributed by atoms with Crippen LogP contribution < -0.4 is 9.62 Å². The summed E-state index contributed by atoms with van der Waals surface area (Å²) < 4.78 is 25.3. The highest BCUT2D eigenvalue weighted by molar-refractivity contribution is 7.91. The van der Waals surface area contributed by atoms with Crippen molar-refractivity contribution in [2.24, 2.45) is 0 Å². The summed E-state index contributed by atoms with van der Waals surface area (Å²) in [5.41, 5.74) is 2.64. The normalized spacial score (nSPS) is 14.2. The predicted octanol–water partition coefficient (Wildman–Crippen LogP) is 2.38. The summed E-state index contributed by atoms with van der Waals surface area (Å²) in [5, 5.41) is 17.8. The summed E-state index contributed by atoms with van der Waals surface area (Å²) in [4.78, 5) is 33.1. The van der Waals surface area contributed by atoms with Crippen LogP contribution in [0.25, 0.3) is 11.1 Å². The zero-order valence-electron chi connectivity index (χ0n) is 22.2. The first-order valence-electron chi connectivity index (χ1n) is 12.6. The van der Waals surface area contributed by atoms with E-state index in [4.69, 9.17) is 0 Å².